The van der Waals surface area contributed by atoms with Crippen LogP contribution in [0.5, 0.6) is 0 Å². The Kier molecular flexibility index (Phi) is 4.47. The molecule has 1 N–H and O–H groups in total. The molecule has 0 spiro atoms. The van der Waals surface area contributed by atoms with Crippen molar-refractivity contribution in [3.8, 4) is 0 Å². The molecule has 0 aliphatic heterocycles. The maximum atomic E-state index is 4.53. The number of aromatic nitrogens is 1. The van der Waals surface area contributed by atoms with Crippen molar-refractivity contribution in [2.45, 2.75) is 38.8 Å². The summed E-state index contributed by atoms with van der Waals surface area (Å²) in [4.78, 5) is 6.79. The van der Waals surface area contributed by atoms with Crippen molar-refractivity contribution in [1.29, 1.82) is 0 Å². The van der Waals surface area contributed by atoms with Crippen LogP contribution < -0.4 is 5.32 Å². The van der Waals surface area contributed by atoms with Gasteiger partial charge in [-0.05, 0) is 41.9 Å². The topological polar surface area (TPSA) is 28.2 Å². The molecule has 0 saturated heterocycles. The minimum Gasteiger partial charge on any atom is -0.315 e. The van der Waals surface area contributed by atoms with Crippen LogP contribution in [0, 0.1) is 6.92 Å². The second-order valence-electron chi connectivity index (χ2n) is 4.95. The van der Waals surface area contributed by atoms with Gasteiger partial charge in [-0.15, -0.1) is 11.3 Å². The predicted octanol–water partition coefficient (Wildman–Crippen LogP) is 1.92. The molecule has 0 saturated carbocycles. The Bertz CT molecular complexity index is 331. The van der Waals surface area contributed by atoms with Crippen molar-refractivity contribution in [1.82, 2.24) is 15.2 Å². The average molecular weight is 241 g/mol. The van der Waals surface area contributed by atoms with Crippen LogP contribution in [0.1, 0.15) is 24.5 Å². The fraction of sp³-hybridized carbons (Fsp3) is 0.750. The van der Waals surface area contributed by atoms with Gasteiger partial charge in [-0.1, -0.05) is 0 Å². The van der Waals surface area contributed by atoms with Crippen molar-refractivity contribution in [3.05, 3.63) is 16.1 Å². The summed E-state index contributed by atoms with van der Waals surface area (Å²) < 4.78 is 0. The summed E-state index contributed by atoms with van der Waals surface area (Å²) in [6.07, 6.45) is 0.978. The first-order chi connectivity index (χ1) is 7.37. The predicted molar refractivity (Wildman–Crippen MR) is 71.2 cm³/mol. The molecule has 16 heavy (non-hydrogen) atoms. The highest BCUT2D eigenvalue weighted by atomic mass is 32.1. The molecule has 0 aliphatic rings. The second kappa shape index (κ2) is 5.25. The van der Waals surface area contributed by atoms with Crippen molar-refractivity contribution in [2.24, 2.45) is 0 Å². The summed E-state index contributed by atoms with van der Waals surface area (Å²) >= 11 is 1.72. The first kappa shape index (κ1) is 13.6. The van der Waals surface area contributed by atoms with Crippen LogP contribution in [0.3, 0.4) is 0 Å². The van der Waals surface area contributed by atoms with Crippen LogP contribution >= 0.6 is 11.3 Å². The first-order valence-corrected chi connectivity index (χ1v) is 6.51. The molecular formula is C12H23N3S. The van der Waals surface area contributed by atoms with Crippen LogP contribution in [-0.2, 0) is 6.42 Å². The maximum absolute atomic E-state index is 4.53. The van der Waals surface area contributed by atoms with Gasteiger partial charge in [0.25, 0.3) is 0 Å². The van der Waals surface area contributed by atoms with Crippen LogP contribution in [0.15, 0.2) is 5.38 Å². The Morgan fingerprint density at radius 3 is 2.50 bits per heavy atom. The Morgan fingerprint density at radius 2 is 2.12 bits per heavy atom. The number of rotatable bonds is 5. The molecule has 1 aromatic heterocycles. The highest BCUT2D eigenvalue weighted by Gasteiger charge is 2.30. The molecule has 92 valence electrons. The fourth-order valence-corrected chi connectivity index (χ4v) is 2.35. The van der Waals surface area contributed by atoms with E-state index in [0.29, 0.717) is 6.04 Å². The Labute approximate surface area is 103 Å². The molecule has 1 aromatic rings. The largest absolute Gasteiger partial charge is 0.315 e. The normalized spacial score (nSPS) is 14.4. The molecule has 0 radical (unpaired) electrons. The van der Waals surface area contributed by atoms with E-state index in [1.807, 2.05) is 7.05 Å². The number of aryl methyl sites for hydroxylation is 1. The van der Waals surface area contributed by atoms with Crippen molar-refractivity contribution < 1.29 is 0 Å². The first-order valence-electron chi connectivity index (χ1n) is 5.63. The summed E-state index contributed by atoms with van der Waals surface area (Å²) in [7, 11) is 6.27. The highest BCUT2D eigenvalue weighted by molar-refractivity contribution is 7.09. The standard InChI is InChI=1S/C12H23N3S/c1-9-14-10(8-16-9)7-11(13-4)12(2,3)15(5)6/h8,11,13H,7H2,1-6H3. The number of nitrogens with one attached hydrogen (secondary N) is 1. The van der Waals surface area contributed by atoms with E-state index in [9.17, 15) is 0 Å². The lowest BCUT2D eigenvalue weighted by Gasteiger charge is -2.40. The maximum Gasteiger partial charge on any atom is 0.0897 e. The van der Waals surface area contributed by atoms with Gasteiger partial charge < -0.3 is 10.2 Å². The molecule has 0 bridgehead atoms. The van der Waals surface area contributed by atoms with Gasteiger partial charge >= 0.3 is 0 Å². The van der Waals surface area contributed by atoms with Crippen LogP contribution in [0.25, 0.3) is 0 Å². The average Bonchev–Trinajstić information content (AvgIpc) is 2.60. The third kappa shape index (κ3) is 3.03. The molecule has 4 heteroatoms. The summed E-state index contributed by atoms with van der Waals surface area (Å²) in [5, 5.41) is 6.71. The molecule has 1 heterocycles. The lowest BCUT2D eigenvalue weighted by atomic mass is 9.90. The molecule has 1 rings (SSSR count). The van der Waals surface area contributed by atoms with E-state index in [0.717, 1.165) is 11.4 Å². The third-order valence-corrected chi connectivity index (χ3v) is 4.26. The molecule has 0 aliphatic carbocycles. The summed E-state index contributed by atoms with van der Waals surface area (Å²) in [5.41, 5.74) is 1.31. The Hall–Kier alpha value is -0.450. The van der Waals surface area contributed by atoms with E-state index in [4.69, 9.17) is 0 Å². The summed E-state index contributed by atoms with van der Waals surface area (Å²) in [5.74, 6) is 0. The monoisotopic (exact) mass is 241 g/mol. The lowest BCUT2D eigenvalue weighted by molar-refractivity contribution is 0.141. The van der Waals surface area contributed by atoms with Gasteiger partial charge in [0.15, 0.2) is 0 Å². The van der Waals surface area contributed by atoms with Crippen molar-refractivity contribution in [3.63, 3.8) is 0 Å². The lowest BCUT2D eigenvalue weighted by Crippen LogP contribution is -2.55. The van der Waals surface area contributed by atoms with E-state index in [2.05, 4.69) is 55.4 Å². The summed E-state index contributed by atoms with van der Waals surface area (Å²) in [6, 6.07) is 0.406. The SMILES string of the molecule is CNC(Cc1csc(C)n1)C(C)(C)N(C)C. The number of hydrogen-bond acceptors (Lipinski definition) is 4. The highest BCUT2D eigenvalue weighted by Crippen LogP contribution is 2.20. The van der Waals surface area contributed by atoms with Gasteiger partial charge in [-0.3, -0.25) is 0 Å². The quantitative estimate of drug-likeness (QED) is 0.854. The smallest absolute Gasteiger partial charge is 0.0897 e. The molecule has 0 amide bonds. The van der Waals surface area contributed by atoms with E-state index in [1.165, 1.54) is 5.69 Å². The zero-order chi connectivity index (χ0) is 12.3. The minimum absolute atomic E-state index is 0.117. The van der Waals surface area contributed by atoms with E-state index >= 15 is 0 Å². The third-order valence-electron chi connectivity index (χ3n) is 3.43. The van der Waals surface area contributed by atoms with Gasteiger partial charge in [0, 0.05) is 23.4 Å². The number of nitrogens with zero attached hydrogens (tertiary/aromatic N) is 2. The van der Waals surface area contributed by atoms with Crippen molar-refractivity contribution >= 4 is 11.3 Å². The van der Waals surface area contributed by atoms with Crippen LogP contribution in [-0.4, -0.2) is 42.6 Å². The minimum atomic E-state index is 0.117. The van der Waals surface area contributed by atoms with Gasteiger partial charge in [0.05, 0.1) is 10.7 Å². The van der Waals surface area contributed by atoms with E-state index < -0.39 is 0 Å². The molecule has 1 unspecified atom stereocenters. The van der Waals surface area contributed by atoms with Gasteiger partial charge in [0.2, 0.25) is 0 Å². The molecule has 0 fully saturated rings. The zero-order valence-corrected chi connectivity index (χ0v) is 12.0. The number of hydrogen-bond donors (Lipinski definition) is 1. The zero-order valence-electron chi connectivity index (χ0n) is 11.2. The van der Waals surface area contributed by atoms with Crippen LogP contribution in [0.2, 0.25) is 0 Å². The van der Waals surface area contributed by atoms with Crippen LogP contribution in [0.4, 0.5) is 0 Å². The van der Waals surface area contributed by atoms with E-state index in [-0.39, 0.29) is 5.54 Å². The molecule has 3 nitrogen and oxygen atoms in total. The van der Waals surface area contributed by atoms with E-state index in [1.54, 1.807) is 11.3 Å². The van der Waals surface area contributed by atoms with Crippen molar-refractivity contribution in [2.75, 3.05) is 21.1 Å². The molecule has 0 aromatic carbocycles. The Morgan fingerprint density at radius 1 is 1.50 bits per heavy atom. The summed E-state index contributed by atoms with van der Waals surface area (Å²) in [6.45, 7) is 6.57. The number of thiazole rings is 1. The second-order valence-corrected chi connectivity index (χ2v) is 6.01. The fourth-order valence-electron chi connectivity index (χ4n) is 1.73. The van der Waals surface area contributed by atoms with Gasteiger partial charge in [-0.2, -0.15) is 0 Å². The van der Waals surface area contributed by atoms with Gasteiger partial charge in [0.1, 0.15) is 0 Å². The Balaban J connectivity index is 2.76. The van der Waals surface area contributed by atoms with Gasteiger partial charge in [-0.25, -0.2) is 4.98 Å². The molecular weight excluding hydrogens is 218 g/mol. The number of likely N-dealkylation sites (N-methyl/N-ethyl adjacent to an activating group) is 2. The molecule has 1 atom stereocenters.